The van der Waals surface area contributed by atoms with Crippen molar-refractivity contribution in [3.05, 3.63) is 51.8 Å². The molecule has 1 nitrogen and oxygen atoms in total. The van der Waals surface area contributed by atoms with Crippen molar-refractivity contribution >= 4 is 15.9 Å². The maximum Gasteiger partial charge on any atom is 0.0597 e. The number of aromatic nitrogens is 1. The molecule has 15 heavy (non-hydrogen) atoms. The van der Waals surface area contributed by atoms with Crippen LogP contribution < -0.4 is 0 Å². The summed E-state index contributed by atoms with van der Waals surface area (Å²) in [6, 6.07) is 10.7. The molecule has 1 aromatic heterocycles. The van der Waals surface area contributed by atoms with Crippen LogP contribution in [-0.4, -0.2) is 4.57 Å². The van der Waals surface area contributed by atoms with Gasteiger partial charge in [-0.15, -0.1) is 0 Å². The number of nitrogens with zero attached hydrogens (tertiary/aromatic N) is 1. The number of halogens is 1. The van der Waals surface area contributed by atoms with E-state index >= 15 is 0 Å². The van der Waals surface area contributed by atoms with Crippen LogP contribution in [-0.2, 0) is 0 Å². The Hall–Kier alpha value is -1.02. The number of rotatable bonds is 1. The van der Waals surface area contributed by atoms with Crippen LogP contribution in [0, 0.1) is 20.8 Å². The molecule has 1 heterocycles. The minimum atomic E-state index is 1.14. The van der Waals surface area contributed by atoms with E-state index in [-0.39, 0.29) is 0 Å². The van der Waals surface area contributed by atoms with E-state index in [0.29, 0.717) is 0 Å². The summed E-state index contributed by atoms with van der Waals surface area (Å²) < 4.78 is 3.40. The van der Waals surface area contributed by atoms with Gasteiger partial charge in [-0.3, -0.25) is 0 Å². The Morgan fingerprint density at radius 1 is 0.933 bits per heavy atom. The highest BCUT2D eigenvalue weighted by Gasteiger charge is 2.06. The number of benzene rings is 1. The molecule has 0 atom stereocenters. The zero-order valence-corrected chi connectivity index (χ0v) is 10.8. The first-order valence-corrected chi connectivity index (χ1v) is 5.80. The smallest absolute Gasteiger partial charge is 0.0597 e. The second-order valence-electron chi connectivity index (χ2n) is 3.91. The predicted molar refractivity (Wildman–Crippen MR) is 67.7 cm³/mol. The van der Waals surface area contributed by atoms with Gasteiger partial charge in [0.25, 0.3) is 0 Å². The molecule has 0 saturated carbocycles. The van der Waals surface area contributed by atoms with Gasteiger partial charge in [0.2, 0.25) is 0 Å². The SMILES string of the molecule is Cc1ccc(-n2c(C)ccc2C)c(Br)c1. The van der Waals surface area contributed by atoms with E-state index in [1.807, 2.05) is 0 Å². The lowest BCUT2D eigenvalue weighted by atomic mass is 10.2. The molecule has 0 saturated heterocycles. The zero-order valence-electron chi connectivity index (χ0n) is 9.21. The fourth-order valence-electron chi connectivity index (χ4n) is 1.84. The molecule has 2 aromatic rings. The first kappa shape index (κ1) is 10.5. The number of hydrogen-bond acceptors (Lipinski definition) is 0. The monoisotopic (exact) mass is 263 g/mol. The van der Waals surface area contributed by atoms with E-state index < -0.39 is 0 Å². The topological polar surface area (TPSA) is 4.93 Å². The Balaban J connectivity index is 2.64. The van der Waals surface area contributed by atoms with E-state index in [1.165, 1.54) is 22.6 Å². The van der Waals surface area contributed by atoms with Crippen molar-refractivity contribution in [2.45, 2.75) is 20.8 Å². The van der Waals surface area contributed by atoms with Gasteiger partial charge in [0.15, 0.2) is 0 Å². The van der Waals surface area contributed by atoms with Crippen LogP contribution >= 0.6 is 15.9 Å². The van der Waals surface area contributed by atoms with Gasteiger partial charge in [0.1, 0.15) is 0 Å². The zero-order chi connectivity index (χ0) is 11.0. The summed E-state index contributed by atoms with van der Waals surface area (Å²) in [5.41, 5.74) is 5.00. The van der Waals surface area contributed by atoms with Crippen LogP contribution in [0.2, 0.25) is 0 Å². The van der Waals surface area contributed by atoms with Crippen molar-refractivity contribution in [2.75, 3.05) is 0 Å². The molecule has 2 rings (SSSR count). The molecule has 78 valence electrons. The summed E-state index contributed by atoms with van der Waals surface area (Å²) in [7, 11) is 0. The average molecular weight is 264 g/mol. The van der Waals surface area contributed by atoms with E-state index in [0.717, 1.165) is 4.47 Å². The molecule has 2 heteroatoms. The molecule has 1 aromatic carbocycles. The van der Waals surface area contributed by atoms with Gasteiger partial charge in [0, 0.05) is 15.9 Å². The van der Waals surface area contributed by atoms with Crippen molar-refractivity contribution in [1.29, 1.82) is 0 Å². The van der Waals surface area contributed by atoms with E-state index in [1.54, 1.807) is 0 Å². The molecule has 0 radical (unpaired) electrons. The minimum absolute atomic E-state index is 1.14. The maximum atomic E-state index is 3.62. The number of aryl methyl sites for hydroxylation is 3. The molecular formula is C13H14BrN. The Labute approximate surface area is 98.9 Å². The van der Waals surface area contributed by atoms with Crippen LogP contribution in [0.1, 0.15) is 17.0 Å². The van der Waals surface area contributed by atoms with Gasteiger partial charge in [0.05, 0.1) is 5.69 Å². The second kappa shape index (κ2) is 3.86. The highest BCUT2D eigenvalue weighted by Crippen LogP contribution is 2.25. The van der Waals surface area contributed by atoms with Crippen molar-refractivity contribution in [2.24, 2.45) is 0 Å². The van der Waals surface area contributed by atoms with E-state index in [4.69, 9.17) is 0 Å². The lowest BCUT2D eigenvalue weighted by molar-refractivity contribution is 0.959. The van der Waals surface area contributed by atoms with Gasteiger partial charge in [-0.05, 0) is 66.5 Å². The van der Waals surface area contributed by atoms with Crippen LogP contribution in [0.3, 0.4) is 0 Å². The molecule has 0 aliphatic rings. The lowest BCUT2D eigenvalue weighted by Gasteiger charge is -2.12. The first-order chi connectivity index (χ1) is 7.09. The highest BCUT2D eigenvalue weighted by molar-refractivity contribution is 9.10. The van der Waals surface area contributed by atoms with Crippen LogP contribution in [0.15, 0.2) is 34.8 Å². The molecule has 0 aliphatic heterocycles. The van der Waals surface area contributed by atoms with Gasteiger partial charge < -0.3 is 4.57 Å². The number of hydrogen-bond donors (Lipinski definition) is 0. The third-order valence-electron chi connectivity index (χ3n) is 2.62. The van der Waals surface area contributed by atoms with Crippen LogP contribution in [0.4, 0.5) is 0 Å². The molecular weight excluding hydrogens is 250 g/mol. The fourth-order valence-corrected chi connectivity index (χ4v) is 2.51. The summed E-state index contributed by atoms with van der Waals surface area (Å²) in [5.74, 6) is 0. The second-order valence-corrected chi connectivity index (χ2v) is 4.76. The molecule has 0 fully saturated rings. The Bertz CT molecular complexity index is 478. The summed E-state index contributed by atoms with van der Waals surface area (Å²) >= 11 is 3.62. The normalized spacial score (nSPS) is 10.7. The highest BCUT2D eigenvalue weighted by atomic mass is 79.9. The maximum absolute atomic E-state index is 3.62. The Morgan fingerprint density at radius 2 is 1.53 bits per heavy atom. The first-order valence-electron chi connectivity index (χ1n) is 5.01. The van der Waals surface area contributed by atoms with E-state index in [2.05, 4.69) is 71.6 Å². The molecule has 0 unspecified atom stereocenters. The third kappa shape index (κ3) is 1.86. The Morgan fingerprint density at radius 3 is 2.07 bits per heavy atom. The largest absolute Gasteiger partial charge is 0.317 e. The average Bonchev–Trinajstić information content (AvgIpc) is 2.48. The van der Waals surface area contributed by atoms with Crippen molar-refractivity contribution < 1.29 is 0 Å². The minimum Gasteiger partial charge on any atom is -0.317 e. The third-order valence-corrected chi connectivity index (χ3v) is 3.25. The van der Waals surface area contributed by atoms with Gasteiger partial charge in [-0.25, -0.2) is 0 Å². The summed E-state index contributed by atoms with van der Waals surface area (Å²) in [6.45, 7) is 6.35. The van der Waals surface area contributed by atoms with Crippen LogP contribution in [0.25, 0.3) is 5.69 Å². The van der Waals surface area contributed by atoms with Gasteiger partial charge in [-0.1, -0.05) is 6.07 Å². The summed E-state index contributed by atoms with van der Waals surface area (Å²) in [5, 5.41) is 0. The van der Waals surface area contributed by atoms with Crippen molar-refractivity contribution in [3.63, 3.8) is 0 Å². The molecule has 0 N–H and O–H groups in total. The fraction of sp³-hybridized carbons (Fsp3) is 0.231. The van der Waals surface area contributed by atoms with Crippen LogP contribution in [0.5, 0.6) is 0 Å². The Kier molecular flexibility index (Phi) is 2.70. The molecule has 0 amide bonds. The standard InChI is InChI=1S/C13H14BrN/c1-9-4-7-13(12(14)8-9)15-10(2)5-6-11(15)3/h4-8H,1-3H3. The molecule has 0 bridgehead atoms. The van der Waals surface area contributed by atoms with Gasteiger partial charge in [-0.2, -0.15) is 0 Å². The van der Waals surface area contributed by atoms with E-state index in [9.17, 15) is 0 Å². The molecule has 0 spiro atoms. The lowest BCUT2D eigenvalue weighted by Crippen LogP contribution is -1.99. The molecule has 0 aliphatic carbocycles. The van der Waals surface area contributed by atoms with Crippen molar-refractivity contribution in [1.82, 2.24) is 4.57 Å². The summed E-state index contributed by atoms with van der Waals surface area (Å²) in [6.07, 6.45) is 0. The predicted octanol–water partition coefficient (Wildman–Crippen LogP) is 4.17. The summed E-state index contributed by atoms with van der Waals surface area (Å²) in [4.78, 5) is 0. The van der Waals surface area contributed by atoms with Gasteiger partial charge >= 0.3 is 0 Å². The van der Waals surface area contributed by atoms with Crippen molar-refractivity contribution in [3.8, 4) is 5.69 Å². The quantitative estimate of drug-likeness (QED) is 0.728.